The largest absolute Gasteiger partial charge is 0.462 e. The lowest BCUT2D eigenvalue weighted by molar-refractivity contribution is -0.160. The van der Waals surface area contributed by atoms with Gasteiger partial charge in [0.2, 0.25) is 0 Å². The maximum Gasteiger partial charge on any atom is 0.323 e. The third kappa shape index (κ3) is 9.82. The molecule has 2 aliphatic rings. The molecule has 0 aromatic rings. The zero-order valence-electron chi connectivity index (χ0n) is 19.4. The van der Waals surface area contributed by atoms with Crippen LogP contribution in [0.25, 0.3) is 0 Å². The topological polar surface area (TPSA) is 167 Å². The number of amidine groups is 1. The number of fused-ring (bicyclic) bond motifs is 1. The Bertz CT molecular complexity index is 617. The second-order valence-electron chi connectivity index (χ2n) is 7.95. The van der Waals surface area contributed by atoms with Gasteiger partial charge in [0.1, 0.15) is 25.1 Å². The van der Waals surface area contributed by atoms with E-state index in [0.29, 0.717) is 36.4 Å². The number of carbonyl (C=O) groups is 3. The monoisotopic (exact) mass is 457 g/mol. The molecule has 1 heterocycles. The van der Waals surface area contributed by atoms with E-state index >= 15 is 0 Å². The summed E-state index contributed by atoms with van der Waals surface area (Å²) in [4.78, 5) is 34.0. The van der Waals surface area contributed by atoms with Crippen LogP contribution in [0.5, 0.6) is 0 Å². The van der Waals surface area contributed by atoms with Gasteiger partial charge in [-0.2, -0.15) is 5.10 Å². The Morgan fingerprint density at radius 1 is 1.19 bits per heavy atom. The molecule has 32 heavy (non-hydrogen) atoms. The summed E-state index contributed by atoms with van der Waals surface area (Å²) in [6.07, 6.45) is 4.83. The Kier molecular flexibility index (Phi) is 13.3. The summed E-state index contributed by atoms with van der Waals surface area (Å²) in [5.74, 6) is 6.29. The number of hydrazone groups is 1. The summed E-state index contributed by atoms with van der Waals surface area (Å²) in [5, 5.41) is 7.06. The van der Waals surface area contributed by atoms with Crippen LogP contribution in [-0.4, -0.2) is 56.2 Å². The zero-order chi connectivity index (χ0) is 23.9. The number of nitrogens with two attached hydrogens (primary N) is 2. The quantitative estimate of drug-likeness (QED) is 0.0655. The van der Waals surface area contributed by atoms with Crippen LogP contribution in [0.3, 0.4) is 0 Å². The molecule has 1 saturated heterocycles. The van der Waals surface area contributed by atoms with E-state index in [2.05, 4.69) is 16.0 Å². The molecule has 5 unspecified atom stereocenters. The minimum Gasteiger partial charge on any atom is -0.462 e. The van der Waals surface area contributed by atoms with Gasteiger partial charge < -0.3 is 25.3 Å². The Morgan fingerprint density at radius 3 is 2.56 bits per heavy atom. The van der Waals surface area contributed by atoms with Crippen LogP contribution < -0.4 is 22.4 Å². The molecule has 1 aliphatic heterocycles. The zero-order valence-corrected chi connectivity index (χ0v) is 19.4. The number of piperidine rings is 1. The van der Waals surface area contributed by atoms with Crippen molar-refractivity contribution in [2.75, 3.05) is 19.8 Å². The summed E-state index contributed by atoms with van der Waals surface area (Å²) < 4.78 is 14.9. The predicted octanol–water partition coefficient (Wildman–Crippen LogP) is 0.571. The van der Waals surface area contributed by atoms with Gasteiger partial charge >= 0.3 is 11.9 Å². The molecule has 2 fully saturated rings. The highest BCUT2D eigenvalue weighted by molar-refractivity contribution is 5.79. The average Bonchev–Trinajstić information content (AvgIpc) is 2.80. The van der Waals surface area contributed by atoms with Crippen molar-refractivity contribution in [2.45, 2.75) is 71.4 Å². The first-order valence-electron chi connectivity index (χ1n) is 11.3. The van der Waals surface area contributed by atoms with Crippen LogP contribution in [0, 0.1) is 17.8 Å². The number of hydrogen-bond acceptors (Lipinski definition) is 10. The summed E-state index contributed by atoms with van der Waals surface area (Å²) in [7, 11) is 0. The highest BCUT2D eigenvalue weighted by Crippen LogP contribution is 2.40. The fourth-order valence-electron chi connectivity index (χ4n) is 4.28. The van der Waals surface area contributed by atoms with E-state index in [1.54, 1.807) is 0 Å². The lowest BCUT2D eigenvalue weighted by atomic mass is 9.69. The van der Waals surface area contributed by atoms with Crippen LogP contribution >= 0.6 is 0 Å². The van der Waals surface area contributed by atoms with Gasteiger partial charge in [0, 0.05) is 13.3 Å². The van der Waals surface area contributed by atoms with Crippen molar-refractivity contribution in [1.82, 2.24) is 10.9 Å². The number of esters is 2. The molecular formula is C21H39N5O6. The minimum atomic E-state index is -0.819. The van der Waals surface area contributed by atoms with E-state index in [-0.39, 0.29) is 25.7 Å². The molecule has 0 bridgehead atoms. The number of hydrazine groups is 1. The molecule has 1 aliphatic carbocycles. The molecule has 2 rings (SSSR count). The van der Waals surface area contributed by atoms with Gasteiger partial charge in [0.05, 0.1) is 0 Å². The molecule has 11 heteroatoms. The van der Waals surface area contributed by atoms with Gasteiger partial charge in [-0.05, 0) is 50.0 Å². The first kappa shape index (κ1) is 27.6. The van der Waals surface area contributed by atoms with Crippen LogP contribution in [-0.2, 0) is 28.6 Å². The van der Waals surface area contributed by atoms with Crippen molar-refractivity contribution < 1.29 is 28.6 Å². The summed E-state index contributed by atoms with van der Waals surface area (Å²) in [6, 6.07) is -0.399. The van der Waals surface area contributed by atoms with Crippen molar-refractivity contribution >= 4 is 24.2 Å². The average molecular weight is 458 g/mol. The third-order valence-corrected chi connectivity index (χ3v) is 5.85. The Hall–Kier alpha value is -2.40. The van der Waals surface area contributed by atoms with Crippen molar-refractivity contribution in [2.24, 2.45) is 34.4 Å². The lowest BCUT2D eigenvalue weighted by Gasteiger charge is -2.42. The number of nitrogens with zero attached hydrogens (tertiary/aromatic N) is 1. The van der Waals surface area contributed by atoms with E-state index in [1.807, 2.05) is 13.8 Å². The first-order chi connectivity index (χ1) is 15.4. The van der Waals surface area contributed by atoms with Crippen LogP contribution in [0.4, 0.5) is 0 Å². The van der Waals surface area contributed by atoms with Gasteiger partial charge in [-0.15, -0.1) is 0 Å². The van der Waals surface area contributed by atoms with Crippen LogP contribution in [0.2, 0.25) is 0 Å². The second kappa shape index (κ2) is 15.4. The van der Waals surface area contributed by atoms with Gasteiger partial charge in [0.25, 0.3) is 6.47 Å². The SMILES string of the molecule is CC.CC(=O)OCC(COC(=O)C1CC2CC(CC/C(N)=N/NN)CCC2CN1)OC=O. The number of ether oxygens (including phenoxy) is 3. The molecular weight excluding hydrogens is 418 g/mol. The molecule has 0 aromatic heterocycles. The normalized spacial score (nSPS) is 25.8. The Balaban J connectivity index is 0.00000249. The fourth-order valence-corrected chi connectivity index (χ4v) is 4.28. The number of carbonyl (C=O) groups excluding carboxylic acids is 3. The molecule has 11 nitrogen and oxygen atoms in total. The van der Waals surface area contributed by atoms with Crippen molar-refractivity contribution in [3.05, 3.63) is 0 Å². The molecule has 6 N–H and O–H groups in total. The maximum absolute atomic E-state index is 12.5. The molecule has 0 radical (unpaired) electrons. The second-order valence-corrected chi connectivity index (χ2v) is 7.95. The fraction of sp³-hybridized carbons (Fsp3) is 0.810. The first-order valence-corrected chi connectivity index (χ1v) is 11.3. The summed E-state index contributed by atoms with van der Waals surface area (Å²) >= 11 is 0. The molecule has 1 saturated carbocycles. The van der Waals surface area contributed by atoms with E-state index < -0.39 is 18.1 Å². The van der Waals surface area contributed by atoms with E-state index in [9.17, 15) is 14.4 Å². The highest BCUT2D eigenvalue weighted by Gasteiger charge is 2.38. The third-order valence-electron chi connectivity index (χ3n) is 5.85. The summed E-state index contributed by atoms with van der Waals surface area (Å²) in [5.41, 5.74) is 8.00. The summed E-state index contributed by atoms with van der Waals surface area (Å²) in [6.45, 7) is 5.96. The van der Waals surface area contributed by atoms with Gasteiger partial charge in [0.15, 0.2) is 6.10 Å². The lowest BCUT2D eigenvalue weighted by Crippen LogP contribution is -2.50. The maximum atomic E-state index is 12.5. The van der Waals surface area contributed by atoms with Crippen molar-refractivity contribution in [1.29, 1.82) is 0 Å². The van der Waals surface area contributed by atoms with Crippen LogP contribution in [0.15, 0.2) is 5.10 Å². The molecule has 184 valence electrons. The van der Waals surface area contributed by atoms with E-state index in [0.717, 1.165) is 32.2 Å². The number of nitrogens with one attached hydrogen (secondary N) is 2. The molecule has 0 spiro atoms. The van der Waals surface area contributed by atoms with Gasteiger partial charge in [-0.3, -0.25) is 14.4 Å². The van der Waals surface area contributed by atoms with Crippen molar-refractivity contribution in [3.8, 4) is 0 Å². The molecule has 5 atom stereocenters. The standard InChI is InChI=1S/C19H33N5O6.C2H6/c1-12(26)28-9-16(30-11-25)10-29-19(27)17-7-15-6-13(2-4-14(15)8-22-17)3-5-18(20)23-24-21;1-2/h11,13-17,22,24H,2-10,21H2,1H3,(H2,20,23);1-2H3. The van der Waals surface area contributed by atoms with Crippen LogP contribution in [0.1, 0.15) is 59.3 Å². The number of hydrogen-bond donors (Lipinski definition) is 4. The Labute approximate surface area is 189 Å². The van der Waals surface area contributed by atoms with Crippen molar-refractivity contribution in [3.63, 3.8) is 0 Å². The predicted molar refractivity (Wildman–Crippen MR) is 119 cm³/mol. The molecule has 0 amide bonds. The minimum absolute atomic E-state index is 0.155. The van der Waals surface area contributed by atoms with E-state index in [4.69, 9.17) is 25.8 Å². The Morgan fingerprint density at radius 2 is 1.91 bits per heavy atom. The smallest absolute Gasteiger partial charge is 0.323 e. The van der Waals surface area contributed by atoms with E-state index in [1.165, 1.54) is 6.92 Å². The highest BCUT2D eigenvalue weighted by atomic mass is 16.6. The molecule has 0 aromatic carbocycles. The number of rotatable bonds is 11. The van der Waals surface area contributed by atoms with Gasteiger partial charge in [-0.25, -0.2) is 11.4 Å². The van der Waals surface area contributed by atoms with Gasteiger partial charge in [-0.1, -0.05) is 20.3 Å².